The largest absolute Gasteiger partial charge is 0.481 e. The number of aliphatic carboxylic acids is 1. The van der Waals surface area contributed by atoms with Crippen molar-refractivity contribution in [3.63, 3.8) is 0 Å². The molecule has 0 aliphatic carbocycles. The van der Waals surface area contributed by atoms with Crippen LogP contribution >= 0.6 is 0 Å². The summed E-state index contributed by atoms with van der Waals surface area (Å²) in [6.07, 6.45) is 0.337. The van der Waals surface area contributed by atoms with Gasteiger partial charge < -0.3 is 10.4 Å². The standard InChI is InChI=1S/C15H20FNO3/c1-10(11-5-4-6-12(16)9-11)13(18)17-8-7-15(2,3)14(19)20/h4-6,9-10H,7-8H2,1-3H3,(H,17,18)(H,19,20). The van der Waals surface area contributed by atoms with Crippen LogP contribution in [0.2, 0.25) is 0 Å². The molecule has 0 heterocycles. The number of amides is 1. The van der Waals surface area contributed by atoms with E-state index in [2.05, 4.69) is 5.32 Å². The molecule has 0 aliphatic heterocycles. The molecule has 0 aliphatic rings. The average molecular weight is 281 g/mol. The van der Waals surface area contributed by atoms with Gasteiger partial charge in [0.05, 0.1) is 11.3 Å². The molecule has 0 spiro atoms. The first-order chi connectivity index (χ1) is 9.24. The number of hydrogen-bond acceptors (Lipinski definition) is 2. The summed E-state index contributed by atoms with van der Waals surface area (Å²) < 4.78 is 13.1. The molecule has 0 aromatic heterocycles. The molecular weight excluding hydrogens is 261 g/mol. The molecule has 0 saturated carbocycles. The molecule has 1 atom stereocenters. The Morgan fingerprint density at radius 1 is 1.40 bits per heavy atom. The number of hydrogen-bond donors (Lipinski definition) is 2. The van der Waals surface area contributed by atoms with Gasteiger partial charge in [-0.15, -0.1) is 0 Å². The van der Waals surface area contributed by atoms with Crippen LogP contribution in [-0.4, -0.2) is 23.5 Å². The highest BCUT2D eigenvalue weighted by molar-refractivity contribution is 5.83. The van der Waals surface area contributed by atoms with E-state index in [0.29, 0.717) is 12.0 Å². The van der Waals surface area contributed by atoms with Crippen LogP contribution in [0.3, 0.4) is 0 Å². The maximum atomic E-state index is 13.1. The fourth-order valence-electron chi connectivity index (χ4n) is 1.69. The minimum Gasteiger partial charge on any atom is -0.481 e. The van der Waals surface area contributed by atoms with Crippen LogP contribution in [0.1, 0.15) is 38.7 Å². The summed E-state index contributed by atoms with van der Waals surface area (Å²) in [5, 5.41) is 11.7. The van der Waals surface area contributed by atoms with E-state index >= 15 is 0 Å². The summed E-state index contributed by atoms with van der Waals surface area (Å²) in [7, 11) is 0. The van der Waals surface area contributed by atoms with Crippen LogP contribution in [0.15, 0.2) is 24.3 Å². The van der Waals surface area contributed by atoms with Crippen molar-refractivity contribution in [1.29, 1.82) is 0 Å². The number of benzene rings is 1. The van der Waals surface area contributed by atoms with Crippen LogP contribution in [0, 0.1) is 11.2 Å². The van der Waals surface area contributed by atoms with Crippen molar-refractivity contribution >= 4 is 11.9 Å². The molecule has 4 nitrogen and oxygen atoms in total. The van der Waals surface area contributed by atoms with Crippen molar-refractivity contribution < 1.29 is 19.1 Å². The van der Waals surface area contributed by atoms with Gasteiger partial charge in [0.25, 0.3) is 0 Å². The number of carbonyl (C=O) groups is 2. The predicted octanol–water partition coefficient (Wildman–Crippen LogP) is 2.55. The van der Waals surface area contributed by atoms with Gasteiger partial charge in [0.2, 0.25) is 5.91 Å². The van der Waals surface area contributed by atoms with Crippen LogP contribution in [-0.2, 0) is 9.59 Å². The van der Waals surface area contributed by atoms with E-state index < -0.39 is 17.3 Å². The molecular formula is C15H20FNO3. The van der Waals surface area contributed by atoms with Crippen molar-refractivity contribution in [3.05, 3.63) is 35.6 Å². The third-order valence-electron chi connectivity index (χ3n) is 3.37. The molecule has 0 radical (unpaired) electrons. The maximum absolute atomic E-state index is 13.1. The smallest absolute Gasteiger partial charge is 0.309 e. The third-order valence-corrected chi connectivity index (χ3v) is 3.37. The van der Waals surface area contributed by atoms with Crippen molar-refractivity contribution in [1.82, 2.24) is 5.32 Å². The monoisotopic (exact) mass is 281 g/mol. The van der Waals surface area contributed by atoms with Crippen LogP contribution in [0.25, 0.3) is 0 Å². The lowest BCUT2D eigenvalue weighted by Crippen LogP contribution is -2.33. The molecule has 0 fully saturated rings. The average Bonchev–Trinajstić information content (AvgIpc) is 2.37. The lowest BCUT2D eigenvalue weighted by atomic mass is 9.89. The second-order valence-corrected chi connectivity index (χ2v) is 5.51. The highest BCUT2D eigenvalue weighted by atomic mass is 19.1. The zero-order valence-corrected chi connectivity index (χ0v) is 11.9. The molecule has 1 rings (SSSR count). The van der Waals surface area contributed by atoms with Crippen LogP contribution in [0.5, 0.6) is 0 Å². The van der Waals surface area contributed by atoms with Gasteiger partial charge in [-0.05, 0) is 44.9 Å². The van der Waals surface area contributed by atoms with E-state index in [9.17, 15) is 14.0 Å². The Bertz CT molecular complexity index is 500. The Balaban J connectivity index is 2.53. The normalized spacial score (nSPS) is 12.8. The zero-order valence-electron chi connectivity index (χ0n) is 11.9. The Labute approximate surface area is 118 Å². The van der Waals surface area contributed by atoms with Crippen molar-refractivity contribution in [2.45, 2.75) is 33.1 Å². The molecule has 1 amide bonds. The van der Waals surface area contributed by atoms with Gasteiger partial charge in [0.15, 0.2) is 0 Å². The minimum absolute atomic E-state index is 0.239. The molecule has 20 heavy (non-hydrogen) atoms. The van der Waals surface area contributed by atoms with Gasteiger partial charge in [0, 0.05) is 6.54 Å². The lowest BCUT2D eigenvalue weighted by molar-refractivity contribution is -0.147. The molecule has 2 N–H and O–H groups in total. The summed E-state index contributed by atoms with van der Waals surface area (Å²) in [6.45, 7) is 5.18. The van der Waals surface area contributed by atoms with E-state index in [0.717, 1.165) is 0 Å². The van der Waals surface area contributed by atoms with Gasteiger partial charge in [-0.1, -0.05) is 12.1 Å². The fourth-order valence-corrected chi connectivity index (χ4v) is 1.69. The Morgan fingerprint density at radius 3 is 2.60 bits per heavy atom. The summed E-state index contributed by atoms with van der Waals surface area (Å²) >= 11 is 0. The first-order valence-electron chi connectivity index (χ1n) is 6.50. The van der Waals surface area contributed by atoms with E-state index in [-0.39, 0.29) is 18.3 Å². The minimum atomic E-state index is -0.898. The topological polar surface area (TPSA) is 66.4 Å². The second-order valence-electron chi connectivity index (χ2n) is 5.51. The zero-order chi connectivity index (χ0) is 15.3. The highest BCUT2D eigenvalue weighted by Gasteiger charge is 2.27. The summed E-state index contributed by atoms with van der Waals surface area (Å²) in [6, 6.07) is 5.89. The molecule has 0 saturated heterocycles. The number of rotatable bonds is 6. The van der Waals surface area contributed by atoms with Crippen LogP contribution in [0.4, 0.5) is 4.39 Å². The molecule has 0 bridgehead atoms. The van der Waals surface area contributed by atoms with Gasteiger partial charge in [-0.2, -0.15) is 0 Å². The van der Waals surface area contributed by atoms with Crippen molar-refractivity contribution in [3.8, 4) is 0 Å². The lowest BCUT2D eigenvalue weighted by Gasteiger charge is -2.20. The number of nitrogens with one attached hydrogen (secondary N) is 1. The van der Waals surface area contributed by atoms with Gasteiger partial charge >= 0.3 is 5.97 Å². The number of carbonyl (C=O) groups excluding carboxylic acids is 1. The fraction of sp³-hybridized carbons (Fsp3) is 0.467. The molecule has 110 valence electrons. The summed E-state index contributed by atoms with van der Waals surface area (Å²) in [5.74, 6) is -1.99. The van der Waals surface area contributed by atoms with E-state index in [1.807, 2.05) is 0 Å². The SMILES string of the molecule is CC(C(=O)NCCC(C)(C)C(=O)O)c1cccc(F)c1. The summed E-state index contributed by atoms with van der Waals surface area (Å²) in [5.41, 5.74) is -0.282. The molecule has 1 aromatic rings. The van der Waals surface area contributed by atoms with Crippen molar-refractivity contribution in [2.24, 2.45) is 5.41 Å². The first-order valence-corrected chi connectivity index (χ1v) is 6.50. The van der Waals surface area contributed by atoms with Crippen LogP contribution < -0.4 is 5.32 Å². The van der Waals surface area contributed by atoms with E-state index in [4.69, 9.17) is 5.11 Å². The Kier molecular flexibility index (Phi) is 5.25. The quantitative estimate of drug-likeness (QED) is 0.842. The summed E-state index contributed by atoms with van der Waals surface area (Å²) in [4.78, 5) is 22.9. The third kappa shape index (κ3) is 4.33. The predicted molar refractivity (Wildman–Crippen MR) is 73.9 cm³/mol. The van der Waals surface area contributed by atoms with Gasteiger partial charge in [0.1, 0.15) is 5.82 Å². The second kappa shape index (κ2) is 6.50. The van der Waals surface area contributed by atoms with E-state index in [1.54, 1.807) is 32.9 Å². The number of carboxylic acids is 1. The molecule has 1 unspecified atom stereocenters. The van der Waals surface area contributed by atoms with Gasteiger partial charge in [-0.3, -0.25) is 9.59 Å². The highest BCUT2D eigenvalue weighted by Crippen LogP contribution is 2.20. The molecule has 5 heteroatoms. The van der Waals surface area contributed by atoms with Crippen molar-refractivity contribution in [2.75, 3.05) is 6.54 Å². The van der Waals surface area contributed by atoms with E-state index in [1.165, 1.54) is 12.1 Å². The Hall–Kier alpha value is -1.91. The number of carboxylic acid groups (broad SMARTS) is 1. The maximum Gasteiger partial charge on any atom is 0.309 e. The molecule has 1 aromatic carbocycles. The van der Waals surface area contributed by atoms with Gasteiger partial charge in [-0.25, -0.2) is 4.39 Å². The number of halogens is 1. The Morgan fingerprint density at radius 2 is 2.05 bits per heavy atom. The first kappa shape index (κ1) is 16.1.